The van der Waals surface area contributed by atoms with Gasteiger partial charge in [0.25, 0.3) is 5.56 Å². The van der Waals surface area contributed by atoms with E-state index in [-0.39, 0.29) is 11.7 Å². The zero-order valence-electron chi connectivity index (χ0n) is 10.3. The summed E-state index contributed by atoms with van der Waals surface area (Å²) in [6.45, 7) is -0.608. The largest absolute Gasteiger partial charge is 0.389 e. The van der Waals surface area contributed by atoms with Gasteiger partial charge in [-0.05, 0) is 0 Å². The van der Waals surface area contributed by atoms with Gasteiger partial charge in [0.15, 0.2) is 5.78 Å². The number of carbonyl (C=O) groups is 1. The molecule has 1 aromatic rings. The molecule has 1 fully saturated rings. The topological polar surface area (TPSA) is 101 Å². The number of aromatic amines is 1. The third-order valence-electron chi connectivity index (χ3n) is 2.84. The number of nitrogens with one attached hydrogen (secondary N) is 1. The molecule has 1 aromatic heterocycles. The van der Waals surface area contributed by atoms with Crippen LogP contribution < -0.4 is 11.2 Å². The van der Waals surface area contributed by atoms with E-state index in [1.54, 1.807) is 11.8 Å². The third-order valence-corrected chi connectivity index (χ3v) is 3.76. The highest BCUT2D eigenvalue weighted by Gasteiger charge is 2.29. The van der Waals surface area contributed by atoms with Crippen molar-refractivity contribution >= 4 is 17.5 Å². The molecule has 1 aliphatic heterocycles. The molecule has 0 saturated carbocycles. The second-order valence-corrected chi connectivity index (χ2v) is 5.40. The molecule has 1 saturated heterocycles. The fourth-order valence-electron chi connectivity index (χ4n) is 1.73. The predicted octanol–water partition coefficient (Wildman–Crippen LogP) is -0.579. The van der Waals surface area contributed by atoms with E-state index in [2.05, 4.69) is 4.98 Å². The van der Waals surface area contributed by atoms with Gasteiger partial charge in [-0.1, -0.05) is 0 Å². The Bertz CT molecular complexity index is 589. The highest BCUT2D eigenvalue weighted by atomic mass is 32.2. The van der Waals surface area contributed by atoms with E-state index in [0.29, 0.717) is 5.56 Å². The number of aliphatic hydroxyl groups is 1. The van der Waals surface area contributed by atoms with Crippen molar-refractivity contribution in [3.63, 3.8) is 0 Å². The van der Waals surface area contributed by atoms with E-state index in [1.165, 1.54) is 17.9 Å². The summed E-state index contributed by atoms with van der Waals surface area (Å²) in [5.74, 6) is 0.404. The van der Waals surface area contributed by atoms with E-state index in [1.807, 2.05) is 0 Å². The van der Waals surface area contributed by atoms with Crippen LogP contribution in [0, 0.1) is 0 Å². The summed E-state index contributed by atoms with van der Waals surface area (Å²) in [6.07, 6.45) is 0.479. The highest BCUT2D eigenvalue weighted by Crippen LogP contribution is 2.44. The average molecular weight is 286 g/mol. The van der Waals surface area contributed by atoms with E-state index in [9.17, 15) is 14.4 Å². The van der Waals surface area contributed by atoms with Gasteiger partial charge in [0.2, 0.25) is 0 Å². The van der Waals surface area contributed by atoms with E-state index in [4.69, 9.17) is 9.84 Å². The highest BCUT2D eigenvalue weighted by molar-refractivity contribution is 8.06. The molecule has 8 heteroatoms. The predicted molar refractivity (Wildman–Crippen MR) is 69.3 cm³/mol. The van der Waals surface area contributed by atoms with Crippen LogP contribution in [0.3, 0.4) is 0 Å². The van der Waals surface area contributed by atoms with Gasteiger partial charge in [0, 0.05) is 29.9 Å². The zero-order chi connectivity index (χ0) is 14.0. The number of ketones is 1. The first-order valence-electron chi connectivity index (χ1n) is 5.69. The minimum absolute atomic E-state index is 0.0987. The number of aromatic nitrogens is 2. The van der Waals surface area contributed by atoms with Gasteiger partial charge in [-0.3, -0.25) is 19.1 Å². The molecule has 1 unspecified atom stereocenters. The second-order valence-electron chi connectivity index (χ2n) is 4.16. The van der Waals surface area contributed by atoms with Crippen LogP contribution in [0.4, 0.5) is 0 Å². The van der Waals surface area contributed by atoms with Gasteiger partial charge < -0.3 is 9.84 Å². The van der Waals surface area contributed by atoms with Gasteiger partial charge in [-0.25, -0.2) is 4.79 Å². The van der Waals surface area contributed by atoms with E-state index in [0.717, 1.165) is 5.75 Å². The molecule has 2 heterocycles. The van der Waals surface area contributed by atoms with Crippen LogP contribution in [0.25, 0.3) is 0 Å². The Morgan fingerprint density at radius 1 is 1.68 bits per heavy atom. The summed E-state index contributed by atoms with van der Waals surface area (Å²) in [6, 6.07) is 0. The Labute approximate surface area is 112 Å². The maximum absolute atomic E-state index is 11.8. The molecular weight excluding hydrogens is 272 g/mol. The maximum Gasteiger partial charge on any atom is 0.330 e. The number of methoxy groups -OCH3 is 1. The van der Waals surface area contributed by atoms with Gasteiger partial charge in [0.05, 0.1) is 6.42 Å². The monoisotopic (exact) mass is 286 g/mol. The molecule has 0 radical (unpaired) electrons. The number of rotatable bonds is 6. The molecule has 1 aliphatic rings. The average Bonchev–Trinajstić information content (AvgIpc) is 3.20. The molecule has 0 amide bonds. The van der Waals surface area contributed by atoms with Crippen LogP contribution in [0.1, 0.15) is 23.5 Å². The molecule has 0 aromatic carbocycles. The first-order chi connectivity index (χ1) is 9.06. The van der Waals surface area contributed by atoms with Crippen molar-refractivity contribution in [3.8, 4) is 0 Å². The van der Waals surface area contributed by atoms with Crippen molar-refractivity contribution in [1.29, 1.82) is 0 Å². The van der Waals surface area contributed by atoms with Crippen molar-refractivity contribution in [2.45, 2.75) is 17.9 Å². The lowest BCUT2D eigenvalue weighted by molar-refractivity contribution is -0.125. The third kappa shape index (κ3) is 3.14. The number of Topliss-reactive ketones (excluding diaryl/α,β-unsaturated/α-hetero) is 1. The second kappa shape index (κ2) is 5.72. The summed E-state index contributed by atoms with van der Waals surface area (Å²) in [5.41, 5.74) is -0.528. The molecule has 0 bridgehead atoms. The smallest absolute Gasteiger partial charge is 0.330 e. The van der Waals surface area contributed by atoms with Crippen LogP contribution in [-0.4, -0.2) is 39.9 Å². The van der Waals surface area contributed by atoms with Crippen LogP contribution in [0.5, 0.6) is 0 Å². The lowest BCUT2D eigenvalue weighted by Crippen LogP contribution is -2.35. The number of carbonyl (C=O) groups excluding carboxylic acids is 1. The normalized spacial score (nSPS) is 19.2. The fraction of sp³-hybridized carbons (Fsp3) is 0.545. The number of nitrogens with zero attached hydrogens (tertiary/aromatic N) is 1. The molecule has 19 heavy (non-hydrogen) atoms. The minimum atomic E-state index is -0.827. The Morgan fingerprint density at radius 2 is 2.37 bits per heavy atom. The Hall–Kier alpha value is -1.38. The molecule has 0 spiro atoms. The molecule has 2 N–H and O–H groups in total. The quantitative estimate of drug-likeness (QED) is 0.679. The fourth-order valence-corrected chi connectivity index (χ4v) is 2.35. The number of aliphatic hydroxyl groups excluding tert-OH is 1. The van der Waals surface area contributed by atoms with Crippen molar-refractivity contribution < 1.29 is 14.6 Å². The first kappa shape index (κ1) is 14.0. The van der Waals surface area contributed by atoms with Gasteiger partial charge >= 0.3 is 5.69 Å². The van der Waals surface area contributed by atoms with Crippen LogP contribution in [0.2, 0.25) is 0 Å². The molecule has 104 valence electrons. The Kier molecular flexibility index (Phi) is 4.23. The van der Waals surface area contributed by atoms with Crippen LogP contribution in [0.15, 0.2) is 15.8 Å². The number of ether oxygens (including phenoxy) is 1. The maximum atomic E-state index is 11.8. The van der Waals surface area contributed by atoms with Crippen molar-refractivity contribution in [1.82, 2.24) is 9.55 Å². The SMILES string of the molecule is CO[C@H](CC(=O)CO)n1cc(C2CS2)c(=O)[nH]c1=O. The molecular formula is C11H14N2O5S. The van der Waals surface area contributed by atoms with Crippen LogP contribution >= 0.6 is 11.8 Å². The van der Waals surface area contributed by atoms with E-state index < -0.39 is 29.9 Å². The van der Waals surface area contributed by atoms with Crippen molar-refractivity contribution in [2.24, 2.45) is 0 Å². The summed E-state index contributed by atoms with van der Waals surface area (Å²) in [7, 11) is 1.36. The Balaban J connectivity index is 2.36. The Morgan fingerprint density at radius 3 is 2.89 bits per heavy atom. The minimum Gasteiger partial charge on any atom is -0.389 e. The van der Waals surface area contributed by atoms with Crippen molar-refractivity contribution in [3.05, 3.63) is 32.6 Å². The number of hydrogen-bond donors (Lipinski definition) is 2. The summed E-state index contributed by atoms with van der Waals surface area (Å²) >= 11 is 1.60. The molecule has 0 aliphatic carbocycles. The molecule has 2 rings (SSSR count). The number of hydrogen-bond acceptors (Lipinski definition) is 6. The molecule has 7 nitrogen and oxygen atoms in total. The van der Waals surface area contributed by atoms with Crippen LogP contribution in [-0.2, 0) is 9.53 Å². The molecule has 2 atom stereocenters. The summed E-state index contributed by atoms with van der Waals surface area (Å²) in [4.78, 5) is 36.8. The lowest BCUT2D eigenvalue weighted by atomic mass is 10.2. The summed E-state index contributed by atoms with van der Waals surface area (Å²) < 4.78 is 6.27. The number of thioether (sulfide) groups is 1. The van der Waals surface area contributed by atoms with Gasteiger partial charge in [-0.2, -0.15) is 11.8 Å². The van der Waals surface area contributed by atoms with Gasteiger partial charge in [-0.15, -0.1) is 0 Å². The lowest BCUT2D eigenvalue weighted by Gasteiger charge is -2.17. The zero-order valence-corrected chi connectivity index (χ0v) is 11.1. The van der Waals surface area contributed by atoms with Gasteiger partial charge in [0.1, 0.15) is 12.8 Å². The number of H-pyrrole nitrogens is 1. The standard InChI is InChI=1S/C11H14N2O5S/c1-18-9(2-6(15)4-14)13-3-7(8-5-19-8)10(16)12-11(13)17/h3,8-9,14H,2,4-5H2,1H3,(H,12,16,17)/t8?,9-/m1/s1. The van der Waals surface area contributed by atoms with E-state index >= 15 is 0 Å². The first-order valence-corrected chi connectivity index (χ1v) is 6.74. The van der Waals surface area contributed by atoms with Crippen molar-refractivity contribution in [2.75, 3.05) is 19.5 Å². The summed E-state index contributed by atoms with van der Waals surface area (Å²) in [5, 5.41) is 8.84.